The maximum atomic E-state index is 13.5. The number of benzene rings is 4. The number of nitrogens with one attached hydrogen (secondary N) is 1. The minimum atomic E-state index is -0.559. The molecular formula is C34H35NO3S. The van der Waals surface area contributed by atoms with Crippen LogP contribution in [0.15, 0.2) is 102 Å². The predicted octanol–water partition coefficient (Wildman–Crippen LogP) is 8.51. The van der Waals surface area contributed by atoms with Gasteiger partial charge < -0.3 is 15.2 Å². The van der Waals surface area contributed by atoms with Crippen LogP contribution in [0.25, 0.3) is 0 Å². The minimum Gasteiger partial charge on any atom is -0.457 e. The first-order valence-corrected chi connectivity index (χ1v) is 14.6. The van der Waals surface area contributed by atoms with Gasteiger partial charge in [0.1, 0.15) is 11.5 Å². The van der Waals surface area contributed by atoms with Gasteiger partial charge in [0.2, 0.25) is 5.91 Å². The molecule has 0 radical (unpaired) electrons. The van der Waals surface area contributed by atoms with Crippen LogP contribution >= 0.6 is 11.8 Å². The van der Waals surface area contributed by atoms with Crippen molar-refractivity contribution in [3.63, 3.8) is 0 Å². The molecule has 0 aromatic heterocycles. The SMILES string of the molecule is CCC(C)Sc1ccc(NC(=O)CC2c3ccccc3Oc3ccccc32)c(CCC(O)c2ccccc2)c1. The van der Waals surface area contributed by atoms with Crippen molar-refractivity contribution in [2.75, 3.05) is 5.32 Å². The van der Waals surface area contributed by atoms with Gasteiger partial charge in [-0.25, -0.2) is 0 Å². The van der Waals surface area contributed by atoms with Crippen LogP contribution in [0.3, 0.4) is 0 Å². The van der Waals surface area contributed by atoms with E-state index in [-0.39, 0.29) is 11.8 Å². The van der Waals surface area contributed by atoms with Gasteiger partial charge in [-0.05, 0) is 60.7 Å². The molecular weight excluding hydrogens is 502 g/mol. The first-order chi connectivity index (χ1) is 19.0. The molecule has 0 saturated heterocycles. The van der Waals surface area contributed by atoms with Crippen molar-refractivity contribution in [1.29, 1.82) is 0 Å². The van der Waals surface area contributed by atoms with Crippen molar-refractivity contribution < 1.29 is 14.6 Å². The van der Waals surface area contributed by atoms with Crippen molar-refractivity contribution in [3.05, 3.63) is 119 Å². The lowest BCUT2D eigenvalue weighted by molar-refractivity contribution is -0.116. The third-order valence-electron chi connectivity index (χ3n) is 7.33. The number of para-hydroxylation sites is 2. The Morgan fingerprint density at radius 3 is 2.23 bits per heavy atom. The number of fused-ring (bicyclic) bond motifs is 2. The molecule has 200 valence electrons. The van der Waals surface area contributed by atoms with Gasteiger partial charge in [0.15, 0.2) is 0 Å². The summed E-state index contributed by atoms with van der Waals surface area (Å²) in [6, 6.07) is 31.9. The van der Waals surface area contributed by atoms with E-state index in [2.05, 4.69) is 31.3 Å². The summed E-state index contributed by atoms with van der Waals surface area (Å²) in [4.78, 5) is 14.7. The van der Waals surface area contributed by atoms with E-state index in [4.69, 9.17) is 4.74 Å². The molecule has 0 spiro atoms. The van der Waals surface area contributed by atoms with Gasteiger partial charge in [-0.15, -0.1) is 11.8 Å². The first kappa shape index (κ1) is 27.0. The largest absolute Gasteiger partial charge is 0.457 e. The molecule has 2 atom stereocenters. The smallest absolute Gasteiger partial charge is 0.225 e. The number of aryl methyl sites for hydroxylation is 1. The molecule has 1 amide bonds. The van der Waals surface area contributed by atoms with Crippen molar-refractivity contribution >= 4 is 23.4 Å². The number of carbonyl (C=O) groups excluding carboxylic acids is 1. The number of hydrogen-bond donors (Lipinski definition) is 2. The summed E-state index contributed by atoms with van der Waals surface area (Å²) < 4.78 is 6.11. The van der Waals surface area contributed by atoms with Crippen LogP contribution in [0.5, 0.6) is 11.5 Å². The number of thioether (sulfide) groups is 1. The van der Waals surface area contributed by atoms with Gasteiger partial charge in [0.05, 0.1) is 6.10 Å². The summed E-state index contributed by atoms with van der Waals surface area (Å²) in [5, 5.41) is 14.5. The number of carbonyl (C=O) groups is 1. The van der Waals surface area contributed by atoms with E-state index in [0.29, 0.717) is 24.5 Å². The number of aliphatic hydroxyl groups excluding tert-OH is 1. The Hall–Kier alpha value is -3.54. The molecule has 0 saturated carbocycles. The monoisotopic (exact) mass is 537 g/mol. The maximum Gasteiger partial charge on any atom is 0.225 e. The molecule has 5 heteroatoms. The van der Waals surface area contributed by atoms with E-state index in [9.17, 15) is 9.90 Å². The average molecular weight is 538 g/mol. The highest BCUT2D eigenvalue weighted by Crippen LogP contribution is 2.45. The zero-order chi connectivity index (χ0) is 27.2. The van der Waals surface area contributed by atoms with E-state index in [1.54, 1.807) is 0 Å². The van der Waals surface area contributed by atoms with Crippen molar-refractivity contribution in [2.24, 2.45) is 0 Å². The van der Waals surface area contributed by atoms with E-state index in [1.807, 2.05) is 96.7 Å². The van der Waals surface area contributed by atoms with E-state index in [1.165, 1.54) is 4.90 Å². The Morgan fingerprint density at radius 2 is 1.56 bits per heavy atom. The lowest BCUT2D eigenvalue weighted by Gasteiger charge is -2.28. The highest BCUT2D eigenvalue weighted by molar-refractivity contribution is 7.99. The molecule has 5 rings (SSSR count). The molecule has 2 N–H and O–H groups in total. The second kappa shape index (κ2) is 12.5. The zero-order valence-corrected chi connectivity index (χ0v) is 23.3. The third-order valence-corrected chi connectivity index (χ3v) is 8.59. The Balaban J connectivity index is 1.36. The van der Waals surface area contributed by atoms with Crippen LogP contribution in [0.4, 0.5) is 5.69 Å². The Morgan fingerprint density at radius 1 is 0.923 bits per heavy atom. The number of aliphatic hydroxyl groups is 1. The van der Waals surface area contributed by atoms with Crippen molar-refractivity contribution in [1.82, 2.24) is 0 Å². The molecule has 4 aromatic rings. The molecule has 4 aromatic carbocycles. The molecule has 0 fully saturated rings. The Bertz CT molecular complexity index is 1380. The summed E-state index contributed by atoms with van der Waals surface area (Å²) in [5.41, 5.74) is 4.81. The van der Waals surface area contributed by atoms with Gasteiger partial charge >= 0.3 is 0 Å². The molecule has 1 aliphatic heterocycles. The fraction of sp³-hybridized carbons (Fsp3) is 0.265. The van der Waals surface area contributed by atoms with Crippen LogP contribution in [-0.4, -0.2) is 16.3 Å². The van der Waals surface area contributed by atoms with Gasteiger partial charge in [-0.3, -0.25) is 4.79 Å². The normalized spacial score (nSPS) is 14.0. The maximum absolute atomic E-state index is 13.5. The van der Waals surface area contributed by atoms with Crippen LogP contribution in [-0.2, 0) is 11.2 Å². The standard InChI is InChI=1S/C34H35NO3S/c1-3-23(2)39-26-18-19-30(25(21-26)17-20-31(36)24-11-5-4-6-12-24)35-34(37)22-29-27-13-7-9-15-32(27)38-33-16-10-8-14-28(29)33/h4-16,18-19,21,23,29,31,36H,3,17,20,22H2,1-2H3,(H,35,37). The van der Waals surface area contributed by atoms with Gasteiger partial charge in [0.25, 0.3) is 0 Å². The van der Waals surface area contributed by atoms with Gasteiger partial charge in [0, 0.05) is 39.3 Å². The second-order valence-corrected chi connectivity index (χ2v) is 11.6. The summed E-state index contributed by atoms with van der Waals surface area (Å²) in [5.74, 6) is 1.47. The second-order valence-electron chi connectivity index (χ2n) is 10.1. The predicted molar refractivity (Wildman–Crippen MR) is 160 cm³/mol. The highest BCUT2D eigenvalue weighted by atomic mass is 32.2. The number of amides is 1. The van der Waals surface area contributed by atoms with Crippen LogP contribution in [0.1, 0.15) is 67.4 Å². The van der Waals surface area contributed by atoms with Crippen LogP contribution in [0.2, 0.25) is 0 Å². The fourth-order valence-corrected chi connectivity index (χ4v) is 6.03. The number of hydrogen-bond acceptors (Lipinski definition) is 4. The summed E-state index contributed by atoms with van der Waals surface area (Å²) in [6.45, 7) is 4.42. The average Bonchev–Trinajstić information content (AvgIpc) is 2.97. The van der Waals surface area contributed by atoms with E-state index in [0.717, 1.165) is 45.9 Å². The summed E-state index contributed by atoms with van der Waals surface area (Å²) >= 11 is 1.84. The molecule has 39 heavy (non-hydrogen) atoms. The number of rotatable bonds is 10. The van der Waals surface area contributed by atoms with Crippen molar-refractivity contribution in [3.8, 4) is 11.5 Å². The highest BCUT2D eigenvalue weighted by Gasteiger charge is 2.29. The Labute approximate surface area is 235 Å². The molecule has 2 unspecified atom stereocenters. The summed E-state index contributed by atoms with van der Waals surface area (Å²) in [7, 11) is 0. The molecule has 0 aliphatic carbocycles. The van der Waals surface area contributed by atoms with Crippen molar-refractivity contribution in [2.45, 2.75) is 61.7 Å². The zero-order valence-electron chi connectivity index (χ0n) is 22.5. The van der Waals surface area contributed by atoms with Crippen LogP contribution in [0, 0.1) is 0 Å². The minimum absolute atomic E-state index is 0.0429. The van der Waals surface area contributed by atoms with E-state index < -0.39 is 6.10 Å². The third kappa shape index (κ3) is 6.55. The number of ether oxygens (including phenoxy) is 1. The molecule has 0 bridgehead atoms. The van der Waals surface area contributed by atoms with Gasteiger partial charge in [-0.1, -0.05) is 80.6 Å². The fourth-order valence-electron chi connectivity index (χ4n) is 5.04. The first-order valence-electron chi connectivity index (χ1n) is 13.7. The lowest BCUT2D eigenvalue weighted by Crippen LogP contribution is -2.19. The number of anilines is 1. The lowest BCUT2D eigenvalue weighted by atomic mass is 9.85. The Kier molecular flexibility index (Phi) is 8.70. The van der Waals surface area contributed by atoms with E-state index >= 15 is 0 Å². The molecule has 1 heterocycles. The van der Waals surface area contributed by atoms with Crippen LogP contribution < -0.4 is 10.1 Å². The van der Waals surface area contributed by atoms with Gasteiger partial charge in [-0.2, -0.15) is 0 Å². The molecule has 1 aliphatic rings. The quantitative estimate of drug-likeness (QED) is 0.199. The molecule has 4 nitrogen and oxygen atoms in total. The summed E-state index contributed by atoms with van der Waals surface area (Å²) in [6.07, 6.45) is 2.07. The topological polar surface area (TPSA) is 58.6 Å².